The van der Waals surface area contributed by atoms with Crippen molar-refractivity contribution in [3.05, 3.63) is 11.8 Å². The highest BCUT2D eigenvalue weighted by Gasteiger charge is 1.90. The number of aliphatic hydroxyl groups excluding tert-OH is 1. The van der Waals surface area contributed by atoms with Gasteiger partial charge in [-0.3, -0.25) is 0 Å². The normalized spacial score (nSPS) is 11.2. The van der Waals surface area contributed by atoms with Crippen molar-refractivity contribution in [1.82, 2.24) is 5.32 Å². The number of aliphatic hydroxyl groups is 1. The fraction of sp³-hybridized carbons (Fsp3) is 0.500. The largest absolute Gasteiger partial charge is 0.478 e. The number of hydrogen-bond donors (Lipinski definition) is 3. The van der Waals surface area contributed by atoms with E-state index in [0.717, 1.165) is 6.08 Å². The minimum absolute atomic E-state index is 0.00476. The second-order valence-electron chi connectivity index (χ2n) is 1.82. The van der Waals surface area contributed by atoms with E-state index in [1.54, 1.807) is 6.92 Å². The number of hydrogen-bond acceptors (Lipinski definition) is 3. The molecule has 0 bridgehead atoms. The molecule has 0 fully saturated rings. The lowest BCUT2D eigenvalue weighted by Gasteiger charge is -2.00. The summed E-state index contributed by atoms with van der Waals surface area (Å²) < 4.78 is 0. The Kier molecular flexibility index (Phi) is 4.32. The average molecular weight is 145 g/mol. The number of carboxylic acids is 1. The number of carboxylic acid groups (broad SMARTS) is 1. The molecule has 4 heteroatoms. The lowest BCUT2D eigenvalue weighted by atomic mass is 10.4. The van der Waals surface area contributed by atoms with Crippen LogP contribution >= 0.6 is 0 Å². The molecule has 58 valence electrons. The maximum Gasteiger partial charge on any atom is 0.330 e. The zero-order chi connectivity index (χ0) is 7.98. The number of carbonyl (C=O) groups is 1. The summed E-state index contributed by atoms with van der Waals surface area (Å²) in [5.41, 5.74) is 0.543. The zero-order valence-corrected chi connectivity index (χ0v) is 5.79. The summed E-state index contributed by atoms with van der Waals surface area (Å²) in [4.78, 5) is 9.99. The van der Waals surface area contributed by atoms with Gasteiger partial charge in [0.2, 0.25) is 0 Å². The molecule has 4 nitrogen and oxygen atoms in total. The number of allylic oxidation sites excluding steroid dienone is 1. The quantitative estimate of drug-likeness (QED) is 0.469. The molecule has 0 rings (SSSR count). The minimum atomic E-state index is -0.983. The molecule has 0 spiro atoms. The van der Waals surface area contributed by atoms with Crippen LogP contribution in [0.15, 0.2) is 11.8 Å². The van der Waals surface area contributed by atoms with Crippen molar-refractivity contribution in [2.24, 2.45) is 0 Å². The van der Waals surface area contributed by atoms with Crippen molar-refractivity contribution in [3.63, 3.8) is 0 Å². The number of nitrogens with one attached hydrogen (secondary N) is 1. The molecule has 0 aliphatic heterocycles. The Labute approximate surface area is 59.2 Å². The fourth-order valence-corrected chi connectivity index (χ4v) is 0.489. The van der Waals surface area contributed by atoms with Crippen molar-refractivity contribution in [1.29, 1.82) is 0 Å². The molecule has 0 aromatic carbocycles. The van der Waals surface area contributed by atoms with E-state index in [2.05, 4.69) is 5.32 Å². The Morgan fingerprint density at radius 1 is 1.70 bits per heavy atom. The SMILES string of the molecule is C/C(=C/C(=O)O)NCCO. The van der Waals surface area contributed by atoms with Crippen molar-refractivity contribution < 1.29 is 15.0 Å². The molecule has 0 saturated heterocycles. The van der Waals surface area contributed by atoms with Crippen molar-refractivity contribution in [2.75, 3.05) is 13.2 Å². The van der Waals surface area contributed by atoms with Crippen molar-refractivity contribution >= 4 is 5.97 Å². The molecule has 0 aromatic heterocycles. The summed E-state index contributed by atoms with van der Waals surface area (Å²) in [5.74, 6) is -0.983. The molecule has 0 aromatic rings. The highest BCUT2D eigenvalue weighted by molar-refractivity contribution is 5.80. The van der Waals surface area contributed by atoms with Crippen LogP contribution in [-0.4, -0.2) is 29.3 Å². The van der Waals surface area contributed by atoms with Gasteiger partial charge in [-0.15, -0.1) is 0 Å². The van der Waals surface area contributed by atoms with E-state index in [-0.39, 0.29) is 6.61 Å². The summed E-state index contributed by atoms with van der Waals surface area (Å²) in [7, 11) is 0. The van der Waals surface area contributed by atoms with Crippen LogP contribution in [0.4, 0.5) is 0 Å². The molecule has 0 unspecified atom stereocenters. The third kappa shape index (κ3) is 5.11. The second kappa shape index (κ2) is 4.81. The zero-order valence-electron chi connectivity index (χ0n) is 5.79. The lowest BCUT2D eigenvalue weighted by Crippen LogP contribution is -2.16. The van der Waals surface area contributed by atoms with Gasteiger partial charge in [-0.1, -0.05) is 0 Å². The summed E-state index contributed by atoms with van der Waals surface area (Å²) in [5, 5.41) is 19.2. The molecule has 0 heterocycles. The first-order valence-corrected chi connectivity index (χ1v) is 2.92. The highest BCUT2D eigenvalue weighted by atomic mass is 16.4. The maximum atomic E-state index is 9.99. The smallest absolute Gasteiger partial charge is 0.330 e. The van der Waals surface area contributed by atoms with E-state index in [4.69, 9.17) is 10.2 Å². The Bertz CT molecular complexity index is 142. The van der Waals surface area contributed by atoms with Gasteiger partial charge in [0, 0.05) is 18.3 Å². The minimum Gasteiger partial charge on any atom is -0.478 e. The Morgan fingerprint density at radius 2 is 2.30 bits per heavy atom. The van der Waals surface area contributed by atoms with Gasteiger partial charge in [0.15, 0.2) is 0 Å². The third-order valence-electron chi connectivity index (χ3n) is 0.856. The monoisotopic (exact) mass is 145 g/mol. The summed E-state index contributed by atoms with van der Waals surface area (Å²) in [6, 6.07) is 0. The van der Waals surface area contributed by atoms with Gasteiger partial charge in [0.1, 0.15) is 0 Å². The molecular weight excluding hydrogens is 134 g/mol. The molecule has 0 aliphatic rings. The van der Waals surface area contributed by atoms with Crippen molar-refractivity contribution in [2.45, 2.75) is 6.92 Å². The fourth-order valence-electron chi connectivity index (χ4n) is 0.489. The van der Waals surface area contributed by atoms with Crippen LogP contribution in [0, 0.1) is 0 Å². The molecule has 10 heavy (non-hydrogen) atoms. The third-order valence-corrected chi connectivity index (χ3v) is 0.856. The standard InChI is InChI=1S/C6H11NO3/c1-5(4-6(9)10)7-2-3-8/h4,7-8H,2-3H2,1H3,(H,9,10)/b5-4-. The van der Waals surface area contributed by atoms with Gasteiger partial charge in [0.25, 0.3) is 0 Å². The van der Waals surface area contributed by atoms with E-state index in [9.17, 15) is 4.79 Å². The van der Waals surface area contributed by atoms with E-state index >= 15 is 0 Å². The van der Waals surface area contributed by atoms with Gasteiger partial charge >= 0.3 is 5.97 Å². The predicted octanol–water partition coefficient (Wildman–Crippen LogP) is -0.443. The second-order valence-corrected chi connectivity index (χ2v) is 1.82. The Hall–Kier alpha value is -1.03. The molecule has 0 saturated carbocycles. The van der Waals surface area contributed by atoms with E-state index in [1.807, 2.05) is 0 Å². The highest BCUT2D eigenvalue weighted by Crippen LogP contribution is 1.83. The first-order chi connectivity index (χ1) is 4.66. The van der Waals surface area contributed by atoms with Crippen LogP contribution in [0.5, 0.6) is 0 Å². The molecule has 3 N–H and O–H groups in total. The van der Waals surface area contributed by atoms with Gasteiger partial charge in [-0.2, -0.15) is 0 Å². The first-order valence-electron chi connectivity index (χ1n) is 2.92. The lowest BCUT2D eigenvalue weighted by molar-refractivity contribution is -0.131. The van der Waals surface area contributed by atoms with Crippen LogP contribution in [0.1, 0.15) is 6.92 Å². The van der Waals surface area contributed by atoms with Crippen LogP contribution < -0.4 is 5.32 Å². The predicted molar refractivity (Wildman–Crippen MR) is 36.5 cm³/mol. The summed E-state index contributed by atoms with van der Waals surface area (Å²) >= 11 is 0. The number of aliphatic carboxylic acids is 1. The summed E-state index contributed by atoms with van der Waals surface area (Å²) in [6.07, 6.45) is 1.05. The first kappa shape index (κ1) is 8.97. The van der Waals surface area contributed by atoms with E-state index in [1.165, 1.54) is 0 Å². The van der Waals surface area contributed by atoms with E-state index in [0.29, 0.717) is 12.2 Å². The maximum absolute atomic E-state index is 9.99. The summed E-state index contributed by atoms with van der Waals surface area (Å²) in [6.45, 7) is 2.02. The van der Waals surface area contributed by atoms with Gasteiger partial charge in [-0.05, 0) is 6.92 Å². The number of rotatable bonds is 4. The molecule has 0 aliphatic carbocycles. The van der Waals surface area contributed by atoms with Gasteiger partial charge in [0.05, 0.1) is 6.61 Å². The van der Waals surface area contributed by atoms with Gasteiger partial charge < -0.3 is 15.5 Å². The van der Waals surface area contributed by atoms with Crippen LogP contribution in [0.25, 0.3) is 0 Å². The molecule has 0 radical (unpaired) electrons. The van der Waals surface area contributed by atoms with Crippen LogP contribution in [0.3, 0.4) is 0 Å². The van der Waals surface area contributed by atoms with Crippen LogP contribution in [-0.2, 0) is 4.79 Å². The molecule has 0 amide bonds. The molecular formula is C6H11NO3. The topological polar surface area (TPSA) is 69.6 Å². The van der Waals surface area contributed by atoms with Crippen LogP contribution in [0.2, 0.25) is 0 Å². The molecule has 0 atom stereocenters. The average Bonchev–Trinajstić information content (AvgIpc) is 1.82. The van der Waals surface area contributed by atoms with Crippen molar-refractivity contribution in [3.8, 4) is 0 Å². The Balaban J connectivity index is 3.60. The van der Waals surface area contributed by atoms with E-state index < -0.39 is 5.97 Å². The Morgan fingerprint density at radius 3 is 2.70 bits per heavy atom. The van der Waals surface area contributed by atoms with Gasteiger partial charge in [-0.25, -0.2) is 4.79 Å².